The first-order valence-electron chi connectivity index (χ1n) is 5.13. The number of furan rings is 1. The average Bonchev–Trinajstić information content (AvgIpc) is 2.84. The summed E-state index contributed by atoms with van der Waals surface area (Å²) in [7, 11) is 0. The lowest BCUT2D eigenvalue weighted by Gasteiger charge is -2.02. The third-order valence-corrected chi connectivity index (χ3v) is 2.44. The van der Waals surface area contributed by atoms with Gasteiger partial charge in [0, 0.05) is 17.9 Å². The van der Waals surface area contributed by atoms with Crippen molar-refractivity contribution in [3.05, 3.63) is 47.2 Å². The molecule has 0 spiro atoms. The lowest BCUT2D eigenvalue weighted by Crippen LogP contribution is -2.22. The van der Waals surface area contributed by atoms with E-state index in [1.165, 1.54) is 6.26 Å². The molecule has 0 aliphatic heterocycles. The number of carbonyl (C=O) groups is 1. The van der Waals surface area contributed by atoms with E-state index in [2.05, 4.69) is 10.3 Å². The van der Waals surface area contributed by atoms with Crippen LogP contribution in [0.2, 0.25) is 0 Å². The zero-order chi connectivity index (χ0) is 11.5. The number of aryl methyl sites for hydroxylation is 2. The Morgan fingerprint density at radius 3 is 2.88 bits per heavy atom. The molecule has 0 aliphatic rings. The zero-order valence-electron chi connectivity index (χ0n) is 9.33. The zero-order valence-corrected chi connectivity index (χ0v) is 9.33. The van der Waals surface area contributed by atoms with Gasteiger partial charge in [0.15, 0.2) is 5.76 Å². The van der Waals surface area contributed by atoms with Crippen LogP contribution in [0.3, 0.4) is 0 Å². The molecule has 0 aromatic carbocycles. The SMILES string of the molecule is Cc1cc(CNC(=O)c2ccco2)c(C)[nH]1. The smallest absolute Gasteiger partial charge is 0.287 e. The van der Waals surface area contributed by atoms with E-state index in [0.717, 1.165) is 17.0 Å². The maximum Gasteiger partial charge on any atom is 0.287 e. The largest absolute Gasteiger partial charge is 0.459 e. The molecule has 16 heavy (non-hydrogen) atoms. The lowest BCUT2D eigenvalue weighted by atomic mass is 10.2. The first-order valence-corrected chi connectivity index (χ1v) is 5.13. The van der Waals surface area contributed by atoms with Crippen LogP contribution in [0.25, 0.3) is 0 Å². The number of nitrogens with one attached hydrogen (secondary N) is 2. The molecule has 2 aromatic rings. The summed E-state index contributed by atoms with van der Waals surface area (Å²) in [6.07, 6.45) is 1.49. The Bertz CT molecular complexity index is 483. The van der Waals surface area contributed by atoms with Gasteiger partial charge in [0.25, 0.3) is 5.91 Å². The van der Waals surface area contributed by atoms with Gasteiger partial charge in [-0.2, -0.15) is 0 Å². The van der Waals surface area contributed by atoms with Crippen LogP contribution in [-0.2, 0) is 6.54 Å². The molecule has 0 unspecified atom stereocenters. The van der Waals surface area contributed by atoms with Gasteiger partial charge in [-0.15, -0.1) is 0 Å². The summed E-state index contributed by atoms with van der Waals surface area (Å²) in [5, 5.41) is 2.80. The molecule has 2 N–H and O–H groups in total. The standard InChI is InChI=1S/C12H14N2O2/c1-8-6-10(9(2)14-8)7-13-12(15)11-4-3-5-16-11/h3-6,14H,7H2,1-2H3,(H,13,15). The minimum Gasteiger partial charge on any atom is -0.459 e. The number of rotatable bonds is 3. The van der Waals surface area contributed by atoms with Crippen molar-refractivity contribution in [1.29, 1.82) is 0 Å². The van der Waals surface area contributed by atoms with E-state index < -0.39 is 0 Å². The molecule has 4 nitrogen and oxygen atoms in total. The van der Waals surface area contributed by atoms with Crippen LogP contribution in [-0.4, -0.2) is 10.9 Å². The molecule has 0 bridgehead atoms. The van der Waals surface area contributed by atoms with Gasteiger partial charge in [-0.3, -0.25) is 4.79 Å². The van der Waals surface area contributed by atoms with Crippen LogP contribution in [0.1, 0.15) is 27.5 Å². The van der Waals surface area contributed by atoms with Gasteiger partial charge in [-0.25, -0.2) is 0 Å². The van der Waals surface area contributed by atoms with E-state index in [4.69, 9.17) is 4.42 Å². The third-order valence-electron chi connectivity index (χ3n) is 2.44. The van der Waals surface area contributed by atoms with Crippen molar-refractivity contribution in [2.24, 2.45) is 0 Å². The van der Waals surface area contributed by atoms with Crippen molar-refractivity contribution < 1.29 is 9.21 Å². The number of amides is 1. The number of aromatic nitrogens is 1. The molecular formula is C12H14N2O2. The highest BCUT2D eigenvalue weighted by Gasteiger charge is 2.09. The molecule has 2 aromatic heterocycles. The second-order valence-electron chi connectivity index (χ2n) is 3.76. The van der Waals surface area contributed by atoms with E-state index in [0.29, 0.717) is 12.3 Å². The molecule has 1 amide bonds. The highest BCUT2D eigenvalue weighted by Crippen LogP contribution is 2.09. The number of H-pyrrole nitrogens is 1. The van der Waals surface area contributed by atoms with Crippen molar-refractivity contribution >= 4 is 5.91 Å². The van der Waals surface area contributed by atoms with Crippen LogP contribution in [0.15, 0.2) is 28.9 Å². The Morgan fingerprint density at radius 1 is 1.50 bits per heavy atom. The average molecular weight is 218 g/mol. The molecule has 0 aliphatic carbocycles. The van der Waals surface area contributed by atoms with Crippen LogP contribution in [0, 0.1) is 13.8 Å². The van der Waals surface area contributed by atoms with Gasteiger partial charge >= 0.3 is 0 Å². The molecule has 2 heterocycles. The van der Waals surface area contributed by atoms with Gasteiger partial charge in [-0.1, -0.05) is 0 Å². The van der Waals surface area contributed by atoms with E-state index >= 15 is 0 Å². The Balaban J connectivity index is 1.98. The predicted molar refractivity (Wildman–Crippen MR) is 60.1 cm³/mol. The maximum absolute atomic E-state index is 11.6. The first kappa shape index (κ1) is 10.5. The fraction of sp³-hybridized carbons (Fsp3) is 0.250. The molecule has 84 valence electrons. The molecule has 0 saturated carbocycles. The molecule has 0 fully saturated rings. The summed E-state index contributed by atoms with van der Waals surface area (Å²) in [6.45, 7) is 4.49. The molecular weight excluding hydrogens is 204 g/mol. The third kappa shape index (κ3) is 2.16. The number of aromatic amines is 1. The fourth-order valence-corrected chi connectivity index (χ4v) is 1.64. The Labute approximate surface area is 93.7 Å². The molecule has 0 saturated heterocycles. The minimum absolute atomic E-state index is 0.191. The summed E-state index contributed by atoms with van der Waals surface area (Å²) < 4.78 is 5.00. The van der Waals surface area contributed by atoms with E-state index in [1.54, 1.807) is 12.1 Å². The second kappa shape index (κ2) is 4.26. The van der Waals surface area contributed by atoms with Crippen molar-refractivity contribution in [1.82, 2.24) is 10.3 Å². The summed E-state index contributed by atoms with van der Waals surface area (Å²) in [5.74, 6) is 0.146. The van der Waals surface area contributed by atoms with E-state index in [9.17, 15) is 4.79 Å². The quantitative estimate of drug-likeness (QED) is 0.829. The summed E-state index contributed by atoms with van der Waals surface area (Å²) in [4.78, 5) is 14.8. The number of hydrogen-bond acceptors (Lipinski definition) is 2. The molecule has 0 radical (unpaired) electrons. The summed E-state index contributed by atoms with van der Waals surface area (Å²) in [6, 6.07) is 5.36. The monoisotopic (exact) mass is 218 g/mol. The summed E-state index contributed by atoms with van der Waals surface area (Å²) in [5.41, 5.74) is 3.27. The second-order valence-corrected chi connectivity index (χ2v) is 3.76. The van der Waals surface area contributed by atoms with E-state index in [-0.39, 0.29) is 5.91 Å². The molecule has 2 rings (SSSR count). The van der Waals surface area contributed by atoms with Crippen LogP contribution >= 0.6 is 0 Å². The Hall–Kier alpha value is -1.97. The predicted octanol–water partition coefficient (Wildman–Crippen LogP) is 2.15. The minimum atomic E-state index is -0.191. The Morgan fingerprint density at radius 2 is 2.31 bits per heavy atom. The highest BCUT2D eigenvalue weighted by molar-refractivity contribution is 5.91. The van der Waals surface area contributed by atoms with Crippen LogP contribution < -0.4 is 5.32 Å². The van der Waals surface area contributed by atoms with Gasteiger partial charge in [-0.05, 0) is 37.6 Å². The van der Waals surface area contributed by atoms with Crippen LogP contribution in [0.5, 0.6) is 0 Å². The lowest BCUT2D eigenvalue weighted by molar-refractivity contribution is 0.0923. The van der Waals surface area contributed by atoms with Crippen molar-refractivity contribution in [2.45, 2.75) is 20.4 Å². The fourth-order valence-electron chi connectivity index (χ4n) is 1.64. The molecule has 4 heteroatoms. The molecule has 0 atom stereocenters. The normalized spacial score (nSPS) is 10.4. The van der Waals surface area contributed by atoms with E-state index in [1.807, 2.05) is 19.9 Å². The van der Waals surface area contributed by atoms with Gasteiger partial charge in [0.2, 0.25) is 0 Å². The van der Waals surface area contributed by atoms with Crippen molar-refractivity contribution in [3.8, 4) is 0 Å². The number of carbonyl (C=O) groups excluding carboxylic acids is 1. The maximum atomic E-state index is 11.6. The van der Waals surface area contributed by atoms with Crippen LogP contribution in [0.4, 0.5) is 0 Å². The number of hydrogen-bond donors (Lipinski definition) is 2. The van der Waals surface area contributed by atoms with Crippen molar-refractivity contribution in [3.63, 3.8) is 0 Å². The van der Waals surface area contributed by atoms with Crippen molar-refractivity contribution in [2.75, 3.05) is 0 Å². The highest BCUT2D eigenvalue weighted by atomic mass is 16.3. The van der Waals surface area contributed by atoms with Gasteiger partial charge < -0.3 is 14.7 Å². The van der Waals surface area contributed by atoms with Gasteiger partial charge in [0.05, 0.1) is 6.26 Å². The summed E-state index contributed by atoms with van der Waals surface area (Å²) >= 11 is 0. The topological polar surface area (TPSA) is 58.0 Å². The first-order chi connectivity index (χ1) is 7.66. The Kier molecular flexibility index (Phi) is 2.81. The van der Waals surface area contributed by atoms with Gasteiger partial charge in [0.1, 0.15) is 0 Å².